The van der Waals surface area contributed by atoms with E-state index in [0.717, 1.165) is 6.20 Å². The van der Waals surface area contributed by atoms with E-state index in [-0.39, 0.29) is 29.7 Å². The van der Waals surface area contributed by atoms with E-state index in [1.54, 1.807) is 0 Å². The quantitative estimate of drug-likeness (QED) is 0.479. The van der Waals surface area contributed by atoms with Crippen LogP contribution in [0.5, 0.6) is 11.5 Å². The van der Waals surface area contributed by atoms with Crippen LogP contribution in [0.3, 0.4) is 0 Å². The van der Waals surface area contributed by atoms with Crippen LogP contribution in [-0.4, -0.2) is 27.9 Å². The average Bonchev–Trinajstić information content (AvgIpc) is 2.93. The summed E-state index contributed by atoms with van der Waals surface area (Å²) in [6, 6.07) is 2.75. The largest absolute Gasteiger partial charge is 0.453 e. The number of nitrogens with one attached hydrogen (secondary N) is 2. The lowest BCUT2D eigenvalue weighted by Gasteiger charge is -2.00. The van der Waals surface area contributed by atoms with Crippen LogP contribution in [0.2, 0.25) is 0 Å². The Hall–Kier alpha value is -3.43. The molecule has 3 rings (SSSR count). The third kappa shape index (κ3) is 2.44. The highest BCUT2D eigenvalue weighted by molar-refractivity contribution is 5.85. The number of nitro groups is 1. The number of fused-ring (bicyclic) bond motifs is 1. The minimum Gasteiger partial charge on any atom is -0.453 e. The lowest BCUT2D eigenvalue weighted by Crippen LogP contribution is -2.20. The molecule has 2 heterocycles. The summed E-state index contributed by atoms with van der Waals surface area (Å²) in [6.45, 7) is -0.101. The van der Waals surface area contributed by atoms with Gasteiger partial charge in [0.05, 0.1) is 4.92 Å². The number of aromatic amines is 2. The molecule has 0 bridgehead atoms. The van der Waals surface area contributed by atoms with Gasteiger partial charge in [-0.3, -0.25) is 19.9 Å². The summed E-state index contributed by atoms with van der Waals surface area (Å²) < 4.78 is 10.2. The Bertz CT molecular complexity index is 897. The second-order valence-electron chi connectivity index (χ2n) is 4.25. The number of benzene rings is 1. The van der Waals surface area contributed by atoms with Crippen molar-refractivity contribution in [3.05, 3.63) is 54.8 Å². The van der Waals surface area contributed by atoms with Gasteiger partial charge in [-0.05, 0) is 6.07 Å². The van der Waals surface area contributed by atoms with Gasteiger partial charge in [0, 0.05) is 24.0 Å². The van der Waals surface area contributed by atoms with E-state index >= 15 is 0 Å². The molecule has 10 heteroatoms. The lowest BCUT2D eigenvalue weighted by molar-refractivity contribution is -0.385. The highest BCUT2D eigenvalue weighted by Crippen LogP contribution is 2.41. The first-order valence-corrected chi connectivity index (χ1v) is 5.99. The first-order chi connectivity index (χ1) is 10.5. The minimum atomic E-state index is -0.671. The molecule has 0 aliphatic carbocycles. The molecule has 1 aliphatic heterocycles. The highest BCUT2D eigenvalue weighted by Gasteiger charge is 2.26. The third-order valence-electron chi connectivity index (χ3n) is 2.82. The Morgan fingerprint density at radius 3 is 2.86 bits per heavy atom. The summed E-state index contributed by atoms with van der Waals surface area (Å²) in [7, 11) is 0. The third-order valence-corrected chi connectivity index (χ3v) is 2.82. The molecule has 0 unspecified atom stereocenters. The van der Waals surface area contributed by atoms with Gasteiger partial charge in [0.1, 0.15) is 5.69 Å². The number of hydrogen-bond donors (Lipinski definition) is 2. The first kappa shape index (κ1) is 13.5. The van der Waals surface area contributed by atoms with Gasteiger partial charge in [0.2, 0.25) is 12.5 Å². The Kier molecular flexibility index (Phi) is 3.18. The molecule has 1 aromatic carbocycles. The number of H-pyrrole nitrogens is 2. The zero-order valence-electron chi connectivity index (χ0n) is 10.9. The molecule has 0 radical (unpaired) electrons. The van der Waals surface area contributed by atoms with Crippen LogP contribution in [0.1, 0.15) is 5.56 Å². The minimum absolute atomic E-state index is 0.0417. The zero-order valence-corrected chi connectivity index (χ0v) is 10.9. The number of aliphatic imine (C=N–C) groups is 1. The molecule has 112 valence electrons. The van der Waals surface area contributed by atoms with Gasteiger partial charge in [-0.1, -0.05) is 0 Å². The van der Waals surface area contributed by atoms with Crippen molar-refractivity contribution in [2.45, 2.75) is 0 Å². The number of rotatable bonds is 3. The first-order valence-electron chi connectivity index (χ1n) is 5.99. The second-order valence-corrected chi connectivity index (χ2v) is 4.25. The molecule has 1 aliphatic rings. The van der Waals surface area contributed by atoms with Gasteiger partial charge in [-0.25, -0.2) is 9.79 Å². The van der Waals surface area contributed by atoms with Crippen molar-refractivity contribution in [1.29, 1.82) is 0 Å². The molecule has 0 spiro atoms. The van der Waals surface area contributed by atoms with E-state index < -0.39 is 16.2 Å². The number of nitrogens with zero attached hydrogens (tertiary/aromatic N) is 2. The number of ether oxygens (including phenoxy) is 2. The smallest absolute Gasteiger partial charge is 0.325 e. The van der Waals surface area contributed by atoms with Crippen molar-refractivity contribution in [3.8, 4) is 11.5 Å². The van der Waals surface area contributed by atoms with Crippen LogP contribution >= 0.6 is 0 Å². The van der Waals surface area contributed by atoms with E-state index in [9.17, 15) is 19.7 Å². The normalized spacial score (nSPS) is 12.7. The molecule has 0 saturated carbocycles. The summed E-state index contributed by atoms with van der Waals surface area (Å²) in [5.41, 5.74) is -1.27. The zero-order chi connectivity index (χ0) is 15.7. The summed E-state index contributed by atoms with van der Waals surface area (Å²) in [4.78, 5) is 41.0. The molecule has 10 nitrogen and oxygen atoms in total. The van der Waals surface area contributed by atoms with Crippen LogP contribution in [0.25, 0.3) is 0 Å². The van der Waals surface area contributed by atoms with Crippen molar-refractivity contribution in [2.75, 3.05) is 6.79 Å². The standard InChI is InChI=1S/C12H8N4O6/c17-11-7(4-14-12(18)15-11)13-3-6-1-8(16(19)20)10-9(2-6)21-5-22-10/h1-4H,5H2,(H2,14,15,17,18). The van der Waals surface area contributed by atoms with E-state index in [0.29, 0.717) is 5.56 Å². The number of nitro benzene ring substituents is 1. The second kappa shape index (κ2) is 5.16. The molecule has 2 N–H and O–H groups in total. The molecular weight excluding hydrogens is 296 g/mol. The van der Waals surface area contributed by atoms with Gasteiger partial charge >= 0.3 is 11.4 Å². The maximum atomic E-state index is 11.5. The molecule has 1 aromatic heterocycles. The van der Waals surface area contributed by atoms with Gasteiger partial charge in [-0.2, -0.15) is 0 Å². The molecular formula is C12H8N4O6. The van der Waals surface area contributed by atoms with Crippen molar-refractivity contribution in [3.63, 3.8) is 0 Å². The molecule has 22 heavy (non-hydrogen) atoms. The SMILES string of the molecule is O=c1[nH]cc(N=Cc2cc3c(c([N+](=O)[O-])c2)OCO3)c(=O)[nH]1. The fraction of sp³-hybridized carbons (Fsp3) is 0.0833. The van der Waals surface area contributed by atoms with Crippen molar-refractivity contribution < 1.29 is 14.4 Å². The van der Waals surface area contributed by atoms with Crippen molar-refractivity contribution in [2.24, 2.45) is 4.99 Å². The van der Waals surface area contributed by atoms with E-state index in [4.69, 9.17) is 9.47 Å². The molecule has 0 amide bonds. The molecule has 0 fully saturated rings. The maximum absolute atomic E-state index is 11.5. The van der Waals surface area contributed by atoms with Crippen LogP contribution in [0.4, 0.5) is 11.4 Å². The predicted octanol–water partition coefficient (Wildman–Crippen LogP) is 0.451. The summed E-state index contributed by atoms with van der Waals surface area (Å²) in [5.74, 6) is 0.287. The van der Waals surface area contributed by atoms with Crippen LogP contribution in [-0.2, 0) is 0 Å². The van der Waals surface area contributed by atoms with Gasteiger partial charge < -0.3 is 14.5 Å². The summed E-state index contributed by atoms with van der Waals surface area (Å²) >= 11 is 0. The Morgan fingerprint density at radius 2 is 2.14 bits per heavy atom. The van der Waals surface area contributed by atoms with Gasteiger partial charge in [-0.15, -0.1) is 0 Å². The summed E-state index contributed by atoms with van der Waals surface area (Å²) in [6.07, 6.45) is 2.39. The fourth-order valence-electron chi connectivity index (χ4n) is 1.87. The monoisotopic (exact) mass is 304 g/mol. The van der Waals surface area contributed by atoms with Crippen molar-refractivity contribution in [1.82, 2.24) is 9.97 Å². The van der Waals surface area contributed by atoms with Crippen molar-refractivity contribution >= 4 is 17.6 Å². The Labute approximate surface area is 121 Å². The van der Waals surface area contributed by atoms with Gasteiger partial charge in [0.15, 0.2) is 5.75 Å². The Morgan fingerprint density at radius 1 is 1.32 bits per heavy atom. The fourth-order valence-corrected chi connectivity index (χ4v) is 1.87. The van der Waals surface area contributed by atoms with Crippen LogP contribution in [0.15, 0.2) is 32.9 Å². The summed E-state index contributed by atoms with van der Waals surface area (Å²) in [5, 5.41) is 11.0. The number of aromatic nitrogens is 2. The molecule has 2 aromatic rings. The lowest BCUT2D eigenvalue weighted by atomic mass is 10.2. The highest BCUT2D eigenvalue weighted by atomic mass is 16.7. The van der Waals surface area contributed by atoms with Gasteiger partial charge in [0.25, 0.3) is 5.56 Å². The van der Waals surface area contributed by atoms with E-state index in [1.807, 2.05) is 4.98 Å². The van der Waals surface area contributed by atoms with Crippen LogP contribution in [0, 0.1) is 10.1 Å². The molecule has 0 atom stereocenters. The van der Waals surface area contributed by atoms with E-state index in [2.05, 4.69) is 9.98 Å². The Balaban J connectivity index is 2.01. The maximum Gasteiger partial charge on any atom is 0.325 e. The molecule has 0 saturated heterocycles. The average molecular weight is 304 g/mol. The predicted molar refractivity (Wildman–Crippen MR) is 74.2 cm³/mol. The van der Waals surface area contributed by atoms with E-state index in [1.165, 1.54) is 18.3 Å². The number of hydrogen-bond acceptors (Lipinski definition) is 7. The topological polar surface area (TPSA) is 140 Å². The van der Waals surface area contributed by atoms with Crippen LogP contribution < -0.4 is 20.7 Å².